The number of hydrogen-bond acceptors (Lipinski definition) is 5. The van der Waals surface area contributed by atoms with Gasteiger partial charge in [0.15, 0.2) is 5.69 Å². The summed E-state index contributed by atoms with van der Waals surface area (Å²) in [4.78, 5) is 1.97. The molecule has 6 nitrogen and oxygen atoms in total. The van der Waals surface area contributed by atoms with Gasteiger partial charge in [-0.3, -0.25) is 0 Å². The molecule has 0 amide bonds. The topological polar surface area (TPSA) is 83.2 Å². The minimum absolute atomic E-state index is 0.304. The summed E-state index contributed by atoms with van der Waals surface area (Å²) in [7, 11) is 0. The Morgan fingerprint density at radius 2 is 1.88 bits per heavy atom. The molecule has 0 aliphatic heterocycles. The molecule has 0 saturated carbocycles. The fourth-order valence-corrected chi connectivity index (χ4v) is 3.36. The summed E-state index contributed by atoms with van der Waals surface area (Å²) in [5.41, 5.74) is 4.15. The van der Waals surface area contributed by atoms with Crippen molar-refractivity contribution in [2.75, 3.05) is 0 Å². The summed E-state index contributed by atoms with van der Waals surface area (Å²) >= 11 is 1.56. The monoisotopic (exact) mass is 332 g/mol. The molecule has 0 saturated heterocycles. The van der Waals surface area contributed by atoms with Gasteiger partial charge in [0.1, 0.15) is 11.8 Å². The van der Waals surface area contributed by atoms with Crippen molar-refractivity contribution in [1.29, 1.82) is 5.26 Å². The van der Waals surface area contributed by atoms with Gasteiger partial charge < -0.3 is 0 Å². The molecule has 0 radical (unpaired) electrons. The molecule has 0 bridgehead atoms. The van der Waals surface area contributed by atoms with E-state index in [0.29, 0.717) is 11.4 Å². The number of nitriles is 1. The van der Waals surface area contributed by atoms with Crippen LogP contribution >= 0.6 is 11.3 Å². The number of hydrogen-bond donors (Lipinski definition) is 1. The second-order valence-electron chi connectivity index (χ2n) is 5.31. The van der Waals surface area contributed by atoms with E-state index in [2.05, 4.69) is 39.6 Å². The molecule has 0 aliphatic rings. The van der Waals surface area contributed by atoms with Crippen molar-refractivity contribution >= 4 is 11.3 Å². The zero-order chi connectivity index (χ0) is 16.5. The second-order valence-corrected chi connectivity index (χ2v) is 6.39. The smallest absolute Gasteiger partial charge is 0.191 e. The third-order valence-corrected chi connectivity index (χ3v) is 4.80. The fourth-order valence-electron chi connectivity index (χ4n) is 2.39. The molecule has 1 aromatic carbocycles. The minimum Gasteiger partial charge on any atom is -0.240 e. The van der Waals surface area contributed by atoms with Crippen molar-refractivity contribution in [2.24, 2.45) is 0 Å². The van der Waals surface area contributed by atoms with E-state index < -0.39 is 0 Å². The number of nitrogens with one attached hydrogen (secondary N) is 1. The minimum atomic E-state index is 0.304. The van der Waals surface area contributed by atoms with Crippen molar-refractivity contribution < 1.29 is 0 Å². The van der Waals surface area contributed by atoms with Crippen LogP contribution in [0.5, 0.6) is 0 Å². The van der Waals surface area contributed by atoms with Crippen molar-refractivity contribution in [3.63, 3.8) is 0 Å². The Hall–Kier alpha value is -3.24. The normalized spacial score (nSPS) is 10.7. The predicted octanol–water partition coefficient (Wildman–Crippen LogP) is 3.57. The van der Waals surface area contributed by atoms with Gasteiger partial charge in [-0.15, -0.1) is 16.4 Å². The van der Waals surface area contributed by atoms with Gasteiger partial charge >= 0.3 is 0 Å². The number of benzene rings is 1. The maximum atomic E-state index is 9.06. The number of thiophene rings is 1. The van der Waals surface area contributed by atoms with Crippen molar-refractivity contribution in [3.8, 4) is 32.8 Å². The predicted molar refractivity (Wildman–Crippen MR) is 91.7 cm³/mol. The lowest BCUT2D eigenvalue weighted by atomic mass is 10.2. The first-order chi connectivity index (χ1) is 11.7. The summed E-state index contributed by atoms with van der Waals surface area (Å²) in [6, 6.07) is 14.2. The molecule has 4 rings (SSSR count). The van der Waals surface area contributed by atoms with E-state index in [1.807, 2.05) is 47.4 Å². The zero-order valence-electron chi connectivity index (χ0n) is 12.8. The largest absolute Gasteiger partial charge is 0.240 e. The SMILES string of the molecule is Cc1ccc(-n2cc(-c3ccc(-c4n[nH]nc4C#N)s3)cn2)cc1. The van der Waals surface area contributed by atoms with Gasteiger partial charge in [-0.2, -0.15) is 20.7 Å². The van der Waals surface area contributed by atoms with Crippen LogP contribution in [0.15, 0.2) is 48.8 Å². The van der Waals surface area contributed by atoms with Gasteiger partial charge in [0.2, 0.25) is 0 Å². The third kappa shape index (κ3) is 2.49. The lowest BCUT2D eigenvalue weighted by Gasteiger charge is -2.00. The van der Waals surface area contributed by atoms with Gasteiger partial charge in [-0.25, -0.2) is 4.68 Å². The molecule has 0 aliphatic carbocycles. The van der Waals surface area contributed by atoms with Crippen LogP contribution in [0, 0.1) is 18.3 Å². The quantitative estimate of drug-likeness (QED) is 0.622. The summed E-state index contributed by atoms with van der Waals surface area (Å²) in [6.07, 6.45) is 3.83. The number of aryl methyl sites for hydroxylation is 1. The van der Waals surface area contributed by atoms with Crippen LogP contribution in [0.3, 0.4) is 0 Å². The second kappa shape index (κ2) is 5.76. The Kier molecular flexibility index (Phi) is 3.44. The van der Waals surface area contributed by atoms with Gasteiger partial charge in [0.05, 0.1) is 16.8 Å². The van der Waals surface area contributed by atoms with Crippen LogP contribution in [-0.4, -0.2) is 25.2 Å². The van der Waals surface area contributed by atoms with Crippen molar-refractivity contribution in [2.45, 2.75) is 6.92 Å². The Labute approximate surface area is 142 Å². The first-order valence-corrected chi connectivity index (χ1v) is 8.09. The fraction of sp³-hybridized carbons (Fsp3) is 0.0588. The van der Waals surface area contributed by atoms with Crippen LogP contribution in [0.4, 0.5) is 0 Å². The van der Waals surface area contributed by atoms with E-state index in [-0.39, 0.29) is 0 Å². The summed E-state index contributed by atoms with van der Waals surface area (Å²) in [6.45, 7) is 2.06. The van der Waals surface area contributed by atoms with Crippen LogP contribution in [0.1, 0.15) is 11.3 Å². The van der Waals surface area contributed by atoms with E-state index in [1.165, 1.54) is 5.56 Å². The number of rotatable bonds is 3. The lowest BCUT2D eigenvalue weighted by molar-refractivity contribution is 0.880. The number of nitrogens with zero attached hydrogens (tertiary/aromatic N) is 5. The summed E-state index contributed by atoms with van der Waals surface area (Å²) < 4.78 is 1.85. The van der Waals surface area contributed by atoms with Crippen LogP contribution in [0.25, 0.3) is 26.7 Å². The van der Waals surface area contributed by atoms with E-state index in [9.17, 15) is 0 Å². The summed E-state index contributed by atoms with van der Waals surface area (Å²) in [5, 5.41) is 23.9. The maximum Gasteiger partial charge on any atom is 0.191 e. The molecule has 4 aromatic rings. The molecule has 3 heterocycles. The zero-order valence-corrected chi connectivity index (χ0v) is 13.6. The molecule has 24 heavy (non-hydrogen) atoms. The average molecular weight is 332 g/mol. The van der Waals surface area contributed by atoms with Crippen LogP contribution in [-0.2, 0) is 0 Å². The van der Waals surface area contributed by atoms with Gasteiger partial charge in [-0.1, -0.05) is 17.7 Å². The van der Waals surface area contributed by atoms with Crippen molar-refractivity contribution in [1.82, 2.24) is 25.2 Å². The van der Waals surface area contributed by atoms with E-state index in [4.69, 9.17) is 5.26 Å². The summed E-state index contributed by atoms with van der Waals surface area (Å²) in [5.74, 6) is 0. The molecule has 0 unspecified atom stereocenters. The first-order valence-electron chi connectivity index (χ1n) is 7.28. The van der Waals surface area contributed by atoms with Crippen LogP contribution in [0.2, 0.25) is 0 Å². The molecule has 0 fully saturated rings. The molecule has 7 heteroatoms. The number of aromatic nitrogens is 5. The van der Waals surface area contributed by atoms with Crippen molar-refractivity contribution in [3.05, 3.63) is 60.0 Å². The van der Waals surface area contributed by atoms with Gasteiger partial charge in [0.25, 0.3) is 0 Å². The Bertz CT molecular complexity index is 1030. The Morgan fingerprint density at radius 3 is 2.67 bits per heavy atom. The Morgan fingerprint density at radius 1 is 1.08 bits per heavy atom. The molecule has 116 valence electrons. The molecule has 1 N–H and O–H groups in total. The lowest BCUT2D eigenvalue weighted by Crippen LogP contribution is -1.93. The number of aromatic amines is 1. The molecule has 0 spiro atoms. The first kappa shape index (κ1) is 14.4. The molecule has 3 aromatic heterocycles. The van der Waals surface area contributed by atoms with Gasteiger partial charge in [-0.05, 0) is 31.2 Å². The van der Waals surface area contributed by atoms with Crippen LogP contribution < -0.4 is 0 Å². The van der Waals surface area contributed by atoms with E-state index in [1.54, 1.807) is 11.3 Å². The highest BCUT2D eigenvalue weighted by Crippen LogP contribution is 2.34. The molecule has 0 atom stereocenters. The maximum absolute atomic E-state index is 9.06. The average Bonchev–Trinajstić information content (AvgIpc) is 3.33. The highest BCUT2D eigenvalue weighted by Gasteiger charge is 2.13. The number of H-pyrrole nitrogens is 1. The molecular weight excluding hydrogens is 320 g/mol. The highest BCUT2D eigenvalue weighted by molar-refractivity contribution is 7.18. The van der Waals surface area contributed by atoms with E-state index in [0.717, 1.165) is 21.0 Å². The Balaban J connectivity index is 1.66. The third-order valence-electron chi connectivity index (χ3n) is 3.66. The van der Waals surface area contributed by atoms with E-state index >= 15 is 0 Å². The highest BCUT2D eigenvalue weighted by atomic mass is 32.1. The standard InChI is InChI=1S/C17H12N6S/c1-11-2-4-13(5-3-11)23-10-12(9-19-23)15-6-7-16(24-15)17-14(8-18)20-22-21-17/h2-7,9-10H,1H3,(H,20,21,22). The van der Waals surface area contributed by atoms with Gasteiger partial charge in [0, 0.05) is 16.6 Å². The molecular formula is C17H12N6S.